The molecule has 28 heavy (non-hydrogen) atoms. The molecule has 6 nitrogen and oxygen atoms in total. The summed E-state index contributed by atoms with van der Waals surface area (Å²) in [7, 11) is 0. The van der Waals surface area contributed by atoms with Crippen LogP contribution >= 0.6 is 0 Å². The van der Waals surface area contributed by atoms with Gasteiger partial charge in [-0.1, -0.05) is 12.1 Å². The molecule has 3 rings (SSSR count). The largest absolute Gasteiger partial charge is 0.491 e. The zero-order chi connectivity index (χ0) is 19.8. The molecule has 2 unspecified atom stereocenters. The van der Waals surface area contributed by atoms with Crippen molar-refractivity contribution in [3.63, 3.8) is 0 Å². The van der Waals surface area contributed by atoms with Crippen molar-refractivity contribution >= 4 is 5.91 Å². The number of nitrogens with zero attached hydrogens (tertiary/aromatic N) is 1. The molecule has 1 saturated heterocycles. The van der Waals surface area contributed by atoms with Crippen LogP contribution in [0.25, 0.3) is 0 Å². The third-order valence-corrected chi connectivity index (χ3v) is 4.52. The van der Waals surface area contributed by atoms with E-state index < -0.39 is 6.10 Å². The Kier molecular flexibility index (Phi) is 6.88. The minimum Gasteiger partial charge on any atom is -0.491 e. The van der Waals surface area contributed by atoms with E-state index in [1.54, 1.807) is 31.2 Å². The van der Waals surface area contributed by atoms with E-state index in [9.17, 15) is 4.79 Å². The van der Waals surface area contributed by atoms with Gasteiger partial charge in [0.2, 0.25) is 0 Å². The fraction of sp³-hybridized carbons (Fsp3) is 0.364. The van der Waals surface area contributed by atoms with Gasteiger partial charge in [-0.2, -0.15) is 5.26 Å². The van der Waals surface area contributed by atoms with Crippen LogP contribution in [0.4, 0.5) is 0 Å². The van der Waals surface area contributed by atoms with Crippen LogP contribution < -0.4 is 14.8 Å². The van der Waals surface area contributed by atoms with Crippen molar-refractivity contribution in [1.82, 2.24) is 5.32 Å². The number of carbonyl (C=O) groups excluding carboxylic acids is 1. The van der Waals surface area contributed by atoms with E-state index in [4.69, 9.17) is 19.5 Å². The second-order valence-electron chi connectivity index (χ2n) is 6.70. The maximum Gasteiger partial charge on any atom is 0.261 e. The predicted molar refractivity (Wildman–Crippen MR) is 104 cm³/mol. The summed E-state index contributed by atoms with van der Waals surface area (Å²) in [6.07, 6.45) is 1.70. The topological polar surface area (TPSA) is 80.6 Å². The van der Waals surface area contributed by atoms with Gasteiger partial charge in [-0.05, 0) is 61.7 Å². The van der Waals surface area contributed by atoms with E-state index in [0.29, 0.717) is 24.5 Å². The summed E-state index contributed by atoms with van der Waals surface area (Å²) in [5, 5.41) is 11.7. The molecule has 0 aromatic heterocycles. The van der Waals surface area contributed by atoms with Crippen LogP contribution in [0.2, 0.25) is 0 Å². The van der Waals surface area contributed by atoms with E-state index in [0.717, 1.165) is 30.8 Å². The highest BCUT2D eigenvalue weighted by Crippen LogP contribution is 2.17. The number of amides is 1. The van der Waals surface area contributed by atoms with Gasteiger partial charge in [0.25, 0.3) is 5.91 Å². The molecule has 1 fully saturated rings. The van der Waals surface area contributed by atoms with Crippen molar-refractivity contribution in [3.8, 4) is 17.6 Å². The molecule has 0 saturated carbocycles. The third kappa shape index (κ3) is 5.73. The monoisotopic (exact) mass is 380 g/mol. The molecular weight excluding hydrogens is 356 g/mol. The number of carbonyl (C=O) groups is 1. The smallest absolute Gasteiger partial charge is 0.261 e. The Morgan fingerprint density at radius 1 is 1.21 bits per heavy atom. The Labute approximate surface area is 165 Å². The van der Waals surface area contributed by atoms with Crippen molar-refractivity contribution < 1.29 is 19.0 Å². The highest BCUT2D eigenvalue weighted by molar-refractivity contribution is 5.80. The van der Waals surface area contributed by atoms with Crippen LogP contribution in [-0.4, -0.2) is 31.3 Å². The zero-order valence-electron chi connectivity index (χ0n) is 15.9. The zero-order valence-corrected chi connectivity index (χ0v) is 15.9. The van der Waals surface area contributed by atoms with Crippen molar-refractivity contribution in [3.05, 3.63) is 59.7 Å². The maximum atomic E-state index is 12.2. The van der Waals surface area contributed by atoms with Crippen LogP contribution in [-0.2, 0) is 16.1 Å². The van der Waals surface area contributed by atoms with Gasteiger partial charge in [0, 0.05) is 13.2 Å². The average molecular weight is 380 g/mol. The fourth-order valence-electron chi connectivity index (χ4n) is 2.87. The quantitative estimate of drug-likeness (QED) is 0.761. The Balaban J connectivity index is 1.42. The molecule has 2 aromatic carbocycles. The summed E-state index contributed by atoms with van der Waals surface area (Å²) in [6, 6.07) is 16.4. The third-order valence-electron chi connectivity index (χ3n) is 4.52. The first-order chi connectivity index (χ1) is 13.6. The summed E-state index contributed by atoms with van der Waals surface area (Å²) in [5.41, 5.74) is 1.52. The van der Waals surface area contributed by atoms with Crippen LogP contribution in [0.3, 0.4) is 0 Å². The Morgan fingerprint density at radius 2 is 1.93 bits per heavy atom. The van der Waals surface area contributed by atoms with Crippen LogP contribution in [0.1, 0.15) is 30.9 Å². The minimum absolute atomic E-state index is 0.191. The molecular formula is C22H24N2O4. The Hall–Kier alpha value is -3.04. The minimum atomic E-state index is -0.637. The van der Waals surface area contributed by atoms with E-state index >= 15 is 0 Å². The number of hydrogen-bond donors (Lipinski definition) is 1. The lowest BCUT2D eigenvalue weighted by atomic mass is 10.2. The highest BCUT2D eigenvalue weighted by atomic mass is 16.5. The van der Waals surface area contributed by atoms with Crippen LogP contribution in [0.15, 0.2) is 48.5 Å². The summed E-state index contributed by atoms with van der Waals surface area (Å²) >= 11 is 0. The molecule has 1 heterocycles. The summed E-state index contributed by atoms with van der Waals surface area (Å²) in [4.78, 5) is 12.2. The lowest BCUT2D eigenvalue weighted by Crippen LogP contribution is -2.35. The number of benzene rings is 2. The molecule has 6 heteroatoms. The van der Waals surface area contributed by atoms with Crippen LogP contribution in [0.5, 0.6) is 11.5 Å². The van der Waals surface area contributed by atoms with Gasteiger partial charge in [-0.25, -0.2) is 0 Å². The first kappa shape index (κ1) is 19.7. The average Bonchev–Trinajstić information content (AvgIpc) is 3.25. The predicted octanol–water partition coefficient (Wildman–Crippen LogP) is 3.20. The molecule has 0 radical (unpaired) electrons. The highest BCUT2D eigenvalue weighted by Gasteiger charge is 2.16. The second-order valence-corrected chi connectivity index (χ2v) is 6.70. The summed E-state index contributed by atoms with van der Waals surface area (Å²) in [6.45, 7) is 3.49. The maximum absolute atomic E-state index is 12.2. The van der Waals surface area contributed by atoms with Crippen molar-refractivity contribution in [2.24, 2.45) is 0 Å². The molecule has 2 atom stereocenters. The standard InChI is InChI=1S/C22H24N2O4/c1-16(28-20-10-4-17(13-23)5-11-20)22(25)24-14-18-6-8-19(9-7-18)27-15-21-3-2-12-26-21/h4-11,16,21H,2-3,12,14-15H2,1H3,(H,24,25). The Bertz CT molecular complexity index is 806. The van der Waals surface area contributed by atoms with E-state index in [1.807, 2.05) is 30.3 Å². The van der Waals surface area contributed by atoms with Crippen molar-refractivity contribution in [2.45, 2.75) is 38.5 Å². The summed E-state index contributed by atoms with van der Waals surface area (Å²) in [5.74, 6) is 1.14. The first-order valence-corrected chi connectivity index (χ1v) is 9.42. The fourth-order valence-corrected chi connectivity index (χ4v) is 2.87. The molecule has 0 aliphatic carbocycles. The van der Waals surface area contributed by atoms with E-state index in [2.05, 4.69) is 5.32 Å². The normalized spacial score (nSPS) is 16.8. The number of hydrogen-bond acceptors (Lipinski definition) is 5. The molecule has 0 spiro atoms. The molecule has 2 aromatic rings. The van der Waals surface area contributed by atoms with Gasteiger partial charge >= 0.3 is 0 Å². The van der Waals surface area contributed by atoms with Gasteiger partial charge in [0.1, 0.15) is 18.1 Å². The Morgan fingerprint density at radius 3 is 2.57 bits per heavy atom. The molecule has 146 valence electrons. The second kappa shape index (κ2) is 9.77. The summed E-state index contributed by atoms with van der Waals surface area (Å²) < 4.78 is 16.9. The SMILES string of the molecule is CC(Oc1ccc(C#N)cc1)C(=O)NCc1ccc(OCC2CCCO2)cc1. The molecule has 0 bridgehead atoms. The number of ether oxygens (including phenoxy) is 3. The molecule has 1 amide bonds. The van der Waals surface area contributed by atoms with Gasteiger partial charge in [-0.15, -0.1) is 0 Å². The molecule has 1 aliphatic rings. The van der Waals surface area contributed by atoms with Crippen molar-refractivity contribution in [2.75, 3.05) is 13.2 Å². The number of nitriles is 1. The van der Waals surface area contributed by atoms with Gasteiger partial charge in [0.15, 0.2) is 6.10 Å². The molecule has 1 aliphatic heterocycles. The van der Waals surface area contributed by atoms with Crippen molar-refractivity contribution in [1.29, 1.82) is 5.26 Å². The van der Waals surface area contributed by atoms with E-state index in [-0.39, 0.29) is 12.0 Å². The van der Waals surface area contributed by atoms with Gasteiger partial charge < -0.3 is 19.5 Å². The number of rotatable bonds is 8. The van der Waals surface area contributed by atoms with E-state index in [1.165, 1.54) is 0 Å². The van der Waals surface area contributed by atoms with Gasteiger partial charge in [-0.3, -0.25) is 4.79 Å². The van der Waals surface area contributed by atoms with Gasteiger partial charge in [0.05, 0.1) is 17.7 Å². The van der Waals surface area contributed by atoms with Crippen LogP contribution in [0, 0.1) is 11.3 Å². The number of nitrogens with one attached hydrogen (secondary N) is 1. The first-order valence-electron chi connectivity index (χ1n) is 9.42. The lowest BCUT2D eigenvalue weighted by Gasteiger charge is -2.15. The molecule has 1 N–H and O–H groups in total. The lowest BCUT2D eigenvalue weighted by molar-refractivity contribution is -0.127.